The predicted molar refractivity (Wildman–Crippen MR) is 103 cm³/mol. The number of carbonyl (C=O) groups excluding carboxylic acids is 2. The molecule has 1 aliphatic heterocycles. The van der Waals surface area contributed by atoms with Crippen LogP contribution in [0.5, 0.6) is 0 Å². The van der Waals surface area contributed by atoms with Gasteiger partial charge in [-0.2, -0.15) is 0 Å². The Morgan fingerprint density at radius 3 is 2.66 bits per heavy atom. The molecule has 9 heteroatoms. The Balaban J connectivity index is 1.58. The number of H-pyrrole nitrogens is 1. The number of nitrogens with one attached hydrogen (secondary N) is 2. The Labute approximate surface area is 167 Å². The lowest BCUT2D eigenvalue weighted by molar-refractivity contribution is -0.136. The van der Waals surface area contributed by atoms with Crippen molar-refractivity contribution >= 4 is 23.0 Å². The predicted octanol–water partition coefficient (Wildman–Crippen LogP) is 2.85. The zero-order chi connectivity index (χ0) is 21.0. The zero-order valence-corrected chi connectivity index (χ0v) is 16.8. The van der Waals surface area contributed by atoms with Gasteiger partial charge in [-0.3, -0.25) is 9.59 Å². The summed E-state index contributed by atoms with van der Waals surface area (Å²) in [6, 6.07) is -0.937. The van der Waals surface area contributed by atoms with Crippen molar-refractivity contribution in [2.45, 2.75) is 57.9 Å². The average molecular weight is 405 g/mol. The van der Waals surface area contributed by atoms with Crippen molar-refractivity contribution in [1.82, 2.24) is 25.2 Å². The molecule has 2 fully saturated rings. The molecule has 0 aromatic carbocycles. The van der Waals surface area contributed by atoms with Crippen molar-refractivity contribution < 1.29 is 18.4 Å². The van der Waals surface area contributed by atoms with E-state index in [2.05, 4.69) is 20.3 Å². The van der Waals surface area contributed by atoms with Crippen LogP contribution in [-0.2, 0) is 4.79 Å². The highest BCUT2D eigenvalue weighted by Crippen LogP contribution is 2.39. The third-order valence-corrected chi connectivity index (χ3v) is 5.51. The molecule has 2 amide bonds. The van der Waals surface area contributed by atoms with Gasteiger partial charge in [-0.15, -0.1) is 0 Å². The fourth-order valence-corrected chi connectivity index (χ4v) is 3.62. The van der Waals surface area contributed by atoms with Gasteiger partial charge in [0.1, 0.15) is 11.6 Å². The summed E-state index contributed by atoms with van der Waals surface area (Å²) in [5.41, 5.74) is 1.46. The summed E-state index contributed by atoms with van der Waals surface area (Å²) in [6.07, 6.45) is 5.00. The van der Waals surface area contributed by atoms with Crippen LogP contribution in [-0.4, -0.2) is 56.7 Å². The number of fused-ring (bicyclic) bond motifs is 1. The molecule has 1 saturated heterocycles. The van der Waals surface area contributed by atoms with Crippen LogP contribution in [0.15, 0.2) is 12.4 Å². The van der Waals surface area contributed by atoms with Crippen LogP contribution < -0.4 is 5.32 Å². The van der Waals surface area contributed by atoms with Crippen molar-refractivity contribution in [3.63, 3.8) is 0 Å². The fourth-order valence-electron chi connectivity index (χ4n) is 3.62. The molecular weight excluding hydrogens is 380 g/mol. The summed E-state index contributed by atoms with van der Waals surface area (Å²) >= 11 is 0. The van der Waals surface area contributed by atoms with E-state index in [0.29, 0.717) is 22.6 Å². The normalized spacial score (nSPS) is 20.1. The third-order valence-electron chi connectivity index (χ3n) is 5.51. The van der Waals surface area contributed by atoms with Crippen molar-refractivity contribution in [3.8, 4) is 0 Å². The van der Waals surface area contributed by atoms with Gasteiger partial charge in [0.2, 0.25) is 5.91 Å². The van der Waals surface area contributed by atoms with Crippen molar-refractivity contribution in [1.29, 1.82) is 0 Å². The van der Waals surface area contributed by atoms with E-state index in [1.165, 1.54) is 6.20 Å². The van der Waals surface area contributed by atoms with Crippen LogP contribution in [0.1, 0.15) is 62.0 Å². The lowest BCUT2D eigenvalue weighted by Crippen LogP contribution is -2.54. The maximum Gasteiger partial charge on any atom is 0.267 e. The third kappa shape index (κ3) is 3.95. The van der Waals surface area contributed by atoms with E-state index in [-0.39, 0.29) is 13.0 Å². The molecular formula is C20H25F2N5O2. The zero-order valence-electron chi connectivity index (χ0n) is 16.8. The van der Waals surface area contributed by atoms with Gasteiger partial charge in [0.25, 0.3) is 11.8 Å². The maximum absolute atomic E-state index is 13.6. The Hall–Kier alpha value is -2.58. The first-order chi connectivity index (χ1) is 13.5. The molecule has 0 bridgehead atoms. The minimum atomic E-state index is -2.88. The Morgan fingerprint density at radius 2 is 2.07 bits per heavy atom. The number of aromatic nitrogens is 3. The summed E-state index contributed by atoms with van der Waals surface area (Å²) < 4.78 is 27.2. The number of halogens is 2. The van der Waals surface area contributed by atoms with Crippen molar-refractivity contribution in [3.05, 3.63) is 23.7 Å². The van der Waals surface area contributed by atoms with Crippen LogP contribution in [0, 0.1) is 5.41 Å². The van der Waals surface area contributed by atoms with Gasteiger partial charge in [0, 0.05) is 25.1 Å². The molecule has 0 unspecified atom stereocenters. The molecule has 2 aliphatic rings. The number of nitrogens with zero attached hydrogens (tertiary/aromatic N) is 3. The number of hydrogen-bond acceptors (Lipinski definition) is 4. The monoisotopic (exact) mass is 405 g/mol. The first kappa shape index (κ1) is 19.7. The van der Waals surface area contributed by atoms with Gasteiger partial charge in [-0.25, -0.2) is 18.7 Å². The second kappa shape index (κ2) is 6.74. The first-order valence-corrected chi connectivity index (χ1v) is 9.87. The molecule has 2 aromatic rings. The molecule has 29 heavy (non-hydrogen) atoms. The minimum Gasteiger partial charge on any atom is -0.344 e. The van der Waals surface area contributed by atoms with Crippen LogP contribution >= 0.6 is 0 Å². The van der Waals surface area contributed by atoms with E-state index in [1.54, 1.807) is 27.0 Å². The molecule has 0 spiro atoms. The number of alkyl halides is 2. The van der Waals surface area contributed by atoms with Gasteiger partial charge in [-0.05, 0) is 18.3 Å². The van der Waals surface area contributed by atoms with E-state index in [4.69, 9.17) is 0 Å². The SMILES string of the molecule is CC(C)(C)[C@@H](NC(=O)c1c[nH]c2ncc(C3CC3)nc12)C(=O)N1CCC(F)(F)C1. The number of hydrogen-bond donors (Lipinski definition) is 2. The fraction of sp³-hybridized carbons (Fsp3) is 0.600. The van der Waals surface area contributed by atoms with E-state index in [0.717, 1.165) is 23.4 Å². The second-order valence-corrected chi connectivity index (χ2v) is 9.11. The Bertz CT molecular complexity index is 961. The lowest BCUT2D eigenvalue weighted by atomic mass is 9.85. The summed E-state index contributed by atoms with van der Waals surface area (Å²) in [5, 5.41) is 2.76. The van der Waals surface area contributed by atoms with Gasteiger partial charge < -0.3 is 15.2 Å². The van der Waals surface area contributed by atoms with Crippen LogP contribution in [0.2, 0.25) is 0 Å². The van der Waals surface area contributed by atoms with Gasteiger partial charge in [0.05, 0.1) is 24.0 Å². The van der Waals surface area contributed by atoms with Gasteiger partial charge >= 0.3 is 0 Å². The van der Waals surface area contributed by atoms with E-state index >= 15 is 0 Å². The molecule has 4 rings (SSSR count). The quantitative estimate of drug-likeness (QED) is 0.818. The van der Waals surface area contributed by atoms with Crippen molar-refractivity contribution in [2.75, 3.05) is 13.1 Å². The second-order valence-electron chi connectivity index (χ2n) is 9.11. The van der Waals surface area contributed by atoms with Crippen LogP contribution in [0.3, 0.4) is 0 Å². The molecule has 7 nitrogen and oxygen atoms in total. The Morgan fingerprint density at radius 1 is 1.34 bits per heavy atom. The molecule has 156 valence electrons. The number of amides is 2. The summed E-state index contributed by atoms with van der Waals surface area (Å²) in [5.74, 6) is -3.46. The summed E-state index contributed by atoms with van der Waals surface area (Å²) in [4.78, 5) is 38.9. The summed E-state index contributed by atoms with van der Waals surface area (Å²) in [7, 11) is 0. The topological polar surface area (TPSA) is 91.0 Å². The largest absolute Gasteiger partial charge is 0.344 e. The highest BCUT2D eigenvalue weighted by atomic mass is 19.3. The number of carbonyl (C=O) groups is 2. The Kier molecular flexibility index (Phi) is 4.59. The molecule has 1 aliphatic carbocycles. The molecule has 2 aromatic heterocycles. The lowest BCUT2D eigenvalue weighted by Gasteiger charge is -2.33. The molecule has 1 atom stereocenters. The van der Waals surface area contributed by atoms with E-state index < -0.39 is 35.7 Å². The minimum absolute atomic E-state index is 0.0163. The molecule has 1 saturated carbocycles. The van der Waals surface area contributed by atoms with Gasteiger partial charge in [0.15, 0.2) is 5.65 Å². The molecule has 0 radical (unpaired) electrons. The smallest absolute Gasteiger partial charge is 0.267 e. The van der Waals surface area contributed by atoms with Gasteiger partial charge in [-0.1, -0.05) is 20.8 Å². The summed E-state index contributed by atoms with van der Waals surface area (Å²) in [6.45, 7) is 4.76. The highest BCUT2D eigenvalue weighted by molar-refractivity contribution is 6.06. The van der Waals surface area contributed by atoms with Crippen molar-refractivity contribution in [2.24, 2.45) is 5.41 Å². The van der Waals surface area contributed by atoms with E-state index in [1.807, 2.05) is 0 Å². The number of likely N-dealkylation sites (tertiary alicyclic amines) is 1. The van der Waals surface area contributed by atoms with Crippen LogP contribution in [0.4, 0.5) is 8.78 Å². The van der Waals surface area contributed by atoms with Crippen LogP contribution in [0.25, 0.3) is 11.2 Å². The van der Waals surface area contributed by atoms with E-state index in [9.17, 15) is 18.4 Å². The first-order valence-electron chi connectivity index (χ1n) is 9.87. The maximum atomic E-state index is 13.6. The standard InChI is InChI=1S/C20H25F2N5O2/c1-19(2,3)15(18(29)27-7-6-20(21,22)10-27)26-17(28)12-8-23-16-14(12)25-13(9-24-16)11-4-5-11/h8-9,11,15H,4-7,10H2,1-3H3,(H,23,24)(H,26,28)/t15-/m0/s1. The number of rotatable bonds is 4. The number of aromatic amines is 1. The molecule has 3 heterocycles. The average Bonchev–Trinajstić information content (AvgIpc) is 3.30. The molecule has 2 N–H and O–H groups in total. The highest BCUT2D eigenvalue weighted by Gasteiger charge is 2.44.